The molecule has 2 aromatic heterocycles. The molecule has 2 rings (SSSR count). The van der Waals surface area contributed by atoms with Crippen molar-refractivity contribution in [2.24, 2.45) is 0 Å². The Labute approximate surface area is 98.2 Å². The Kier molecular flexibility index (Phi) is 3.13. The van der Waals surface area contributed by atoms with Gasteiger partial charge < -0.3 is 4.74 Å². The first-order valence-corrected chi connectivity index (χ1v) is 5.25. The smallest absolute Gasteiger partial charge is 0.360 e. The van der Waals surface area contributed by atoms with E-state index in [1.807, 2.05) is 6.07 Å². The predicted octanol–water partition coefficient (Wildman–Crippen LogP) is 1.15. The van der Waals surface area contributed by atoms with Crippen LogP contribution in [0.25, 0.3) is 5.82 Å². The molecule has 17 heavy (non-hydrogen) atoms. The Bertz CT molecular complexity index is 522. The maximum Gasteiger partial charge on any atom is 0.360 e. The molecule has 0 amide bonds. The van der Waals surface area contributed by atoms with Gasteiger partial charge in [0.2, 0.25) is 0 Å². The van der Waals surface area contributed by atoms with Gasteiger partial charge in [-0.3, -0.25) is 0 Å². The lowest BCUT2D eigenvalue weighted by Gasteiger charge is -1.97. The molecule has 0 aliphatic rings. The van der Waals surface area contributed by atoms with Gasteiger partial charge in [0.05, 0.1) is 12.3 Å². The first-order valence-electron chi connectivity index (χ1n) is 5.25. The molecule has 0 bridgehead atoms. The number of ether oxygens (including phenoxy) is 1. The van der Waals surface area contributed by atoms with E-state index in [1.54, 1.807) is 32.2 Å². The highest BCUT2D eigenvalue weighted by atomic mass is 16.5. The summed E-state index contributed by atoms with van der Waals surface area (Å²) in [5.41, 5.74) is 0.742. The van der Waals surface area contributed by atoms with Gasteiger partial charge in [-0.05, 0) is 26.0 Å². The summed E-state index contributed by atoms with van der Waals surface area (Å²) in [6.07, 6.45) is 1.64. The van der Waals surface area contributed by atoms with Crippen molar-refractivity contribution in [3.63, 3.8) is 0 Å². The molecule has 0 unspecified atom stereocenters. The van der Waals surface area contributed by atoms with Crippen LogP contribution in [0.1, 0.15) is 23.1 Å². The number of carbonyl (C=O) groups is 1. The quantitative estimate of drug-likeness (QED) is 0.742. The van der Waals surface area contributed by atoms with Crippen molar-refractivity contribution >= 4 is 5.97 Å². The van der Waals surface area contributed by atoms with Crippen LogP contribution in [-0.4, -0.2) is 32.6 Å². The Morgan fingerprint density at radius 2 is 2.24 bits per heavy atom. The maximum absolute atomic E-state index is 11.6. The molecule has 6 heteroatoms. The molecular weight excluding hydrogens is 220 g/mol. The lowest BCUT2D eigenvalue weighted by molar-refractivity contribution is 0.0518. The van der Waals surface area contributed by atoms with E-state index in [0.717, 1.165) is 0 Å². The van der Waals surface area contributed by atoms with Crippen LogP contribution in [0.3, 0.4) is 0 Å². The summed E-state index contributed by atoms with van der Waals surface area (Å²) in [4.78, 5) is 17.0. The zero-order valence-electron chi connectivity index (χ0n) is 9.62. The predicted molar refractivity (Wildman–Crippen MR) is 59.8 cm³/mol. The number of aromatic nitrogens is 4. The minimum absolute atomic E-state index is 0.220. The Morgan fingerprint density at radius 1 is 1.41 bits per heavy atom. The van der Waals surface area contributed by atoms with Gasteiger partial charge in [-0.25, -0.2) is 9.78 Å². The fourth-order valence-electron chi connectivity index (χ4n) is 1.34. The van der Waals surface area contributed by atoms with Gasteiger partial charge >= 0.3 is 5.97 Å². The number of carbonyl (C=O) groups excluding carboxylic acids is 1. The SMILES string of the molecule is CCOC(=O)c1nn(-c2ccccn2)nc1C. The fourth-order valence-corrected chi connectivity index (χ4v) is 1.34. The second-order valence-corrected chi connectivity index (χ2v) is 3.33. The average Bonchev–Trinajstić information content (AvgIpc) is 2.73. The molecule has 0 aliphatic heterocycles. The molecule has 0 saturated carbocycles. The van der Waals surface area contributed by atoms with Crippen molar-refractivity contribution in [2.45, 2.75) is 13.8 Å². The Hall–Kier alpha value is -2.24. The van der Waals surface area contributed by atoms with E-state index < -0.39 is 5.97 Å². The van der Waals surface area contributed by atoms with Gasteiger partial charge in [0.25, 0.3) is 0 Å². The van der Waals surface area contributed by atoms with Crippen LogP contribution in [0.5, 0.6) is 0 Å². The van der Waals surface area contributed by atoms with E-state index in [2.05, 4.69) is 15.2 Å². The summed E-state index contributed by atoms with van der Waals surface area (Å²) in [6, 6.07) is 5.38. The van der Waals surface area contributed by atoms with E-state index in [1.165, 1.54) is 4.80 Å². The van der Waals surface area contributed by atoms with Gasteiger partial charge in [0, 0.05) is 6.20 Å². The monoisotopic (exact) mass is 232 g/mol. The van der Waals surface area contributed by atoms with Crippen LogP contribution in [-0.2, 0) is 4.74 Å². The topological polar surface area (TPSA) is 69.9 Å². The molecule has 88 valence electrons. The highest BCUT2D eigenvalue weighted by molar-refractivity contribution is 5.88. The summed E-state index contributed by atoms with van der Waals surface area (Å²) in [5, 5.41) is 8.19. The highest BCUT2D eigenvalue weighted by Crippen LogP contribution is 2.07. The van der Waals surface area contributed by atoms with Crippen LogP contribution < -0.4 is 0 Å². The number of nitrogens with zero attached hydrogens (tertiary/aromatic N) is 4. The summed E-state index contributed by atoms with van der Waals surface area (Å²) < 4.78 is 4.88. The molecule has 6 nitrogen and oxygen atoms in total. The lowest BCUT2D eigenvalue weighted by atomic mass is 10.3. The van der Waals surface area contributed by atoms with Crippen molar-refractivity contribution in [1.29, 1.82) is 0 Å². The number of hydrogen-bond donors (Lipinski definition) is 0. The minimum Gasteiger partial charge on any atom is -0.461 e. The van der Waals surface area contributed by atoms with Crippen molar-refractivity contribution in [2.75, 3.05) is 6.61 Å². The standard InChI is InChI=1S/C11H12N4O2/c1-3-17-11(16)10-8(2)13-15(14-10)9-6-4-5-7-12-9/h4-7H,3H2,1-2H3. The molecule has 2 aromatic rings. The van der Waals surface area contributed by atoms with Gasteiger partial charge in [-0.1, -0.05) is 6.07 Å². The van der Waals surface area contributed by atoms with Crippen molar-refractivity contribution < 1.29 is 9.53 Å². The molecule has 0 spiro atoms. The van der Waals surface area contributed by atoms with Crippen molar-refractivity contribution in [1.82, 2.24) is 20.0 Å². The van der Waals surface area contributed by atoms with E-state index in [9.17, 15) is 4.79 Å². The number of esters is 1. The van der Waals surface area contributed by atoms with Crippen molar-refractivity contribution in [3.8, 4) is 5.82 Å². The molecule has 0 radical (unpaired) electrons. The number of rotatable bonds is 3. The number of aryl methyl sites for hydroxylation is 1. The first-order chi connectivity index (χ1) is 8.22. The van der Waals surface area contributed by atoms with Gasteiger partial charge in [-0.15, -0.1) is 9.90 Å². The molecule has 2 heterocycles. The third-order valence-electron chi connectivity index (χ3n) is 2.11. The summed E-state index contributed by atoms with van der Waals surface area (Å²) in [5.74, 6) is 0.0957. The summed E-state index contributed by atoms with van der Waals surface area (Å²) in [7, 11) is 0. The molecule has 0 fully saturated rings. The zero-order chi connectivity index (χ0) is 12.3. The van der Waals surface area contributed by atoms with E-state index in [4.69, 9.17) is 4.74 Å². The van der Waals surface area contributed by atoms with Crippen LogP contribution in [0.15, 0.2) is 24.4 Å². The summed E-state index contributed by atoms with van der Waals surface area (Å²) >= 11 is 0. The van der Waals surface area contributed by atoms with E-state index in [0.29, 0.717) is 18.1 Å². The van der Waals surface area contributed by atoms with Crippen LogP contribution in [0.2, 0.25) is 0 Å². The number of pyridine rings is 1. The molecule has 0 atom stereocenters. The molecule has 0 aliphatic carbocycles. The lowest BCUT2D eigenvalue weighted by Crippen LogP contribution is -2.08. The summed E-state index contributed by atoms with van der Waals surface area (Å²) in [6.45, 7) is 3.77. The third kappa shape index (κ3) is 2.30. The second-order valence-electron chi connectivity index (χ2n) is 3.33. The molecule has 0 aromatic carbocycles. The largest absolute Gasteiger partial charge is 0.461 e. The van der Waals surface area contributed by atoms with Gasteiger partial charge in [0.15, 0.2) is 11.5 Å². The fraction of sp³-hybridized carbons (Fsp3) is 0.273. The molecule has 0 saturated heterocycles. The van der Waals surface area contributed by atoms with Crippen molar-refractivity contribution in [3.05, 3.63) is 35.8 Å². The maximum atomic E-state index is 11.6. The van der Waals surface area contributed by atoms with E-state index in [-0.39, 0.29) is 5.69 Å². The first kappa shape index (κ1) is 11.3. The van der Waals surface area contributed by atoms with Crippen LogP contribution in [0, 0.1) is 6.92 Å². The Morgan fingerprint density at radius 3 is 2.88 bits per heavy atom. The molecule has 0 N–H and O–H groups in total. The van der Waals surface area contributed by atoms with E-state index >= 15 is 0 Å². The Balaban J connectivity index is 2.34. The second kappa shape index (κ2) is 4.73. The normalized spacial score (nSPS) is 10.2. The molecular formula is C11H12N4O2. The highest BCUT2D eigenvalue weighted by Gasteiger charge is 2.17. The zero-order valence-corrected chi connectivity index (χ0v) is 9.62. The van der Waals surface area contributed by atoms with Gasteiger partial charge in [-0.2, -0.15) is 5.10 Å². The minimum atomic E-state index is -0.466. The average molecular weight is 232 g/mol. The van der Waals surface area contributed by atoms with Gasteiger partial charge in [0.1, 0.15) is 0 Å². The third-order valence-corrected chi connectivity index (χ3v) is 2.11. The number of hydrogen-bond acceptors (Lipinski definition) is 5. The van der Waals surface area contributed by atoms with Crippen LogP contribution >= 0.6 is 0 Å². The van der Waals surface area contributed by atoms with Crippen LogP contribution in [0.4, 0.5) is 0 Å².